The maximum Gasteiger partial charge on any atom is 0.256 e. The Labute approximate surface area is 145 Å². The van der Waals surface area contributed by atoms with Crippen molar-refractivity contribution in [1.82, 2.24) is 19.9 Å². The minimum absolute atomic E-state index is 0.135. The summed E-state index contributed by atoms with van der Waals surface area (Å²) in [6.45, 7) is 0. The van der Waals surface area contributed by atoms with Gasteiger partial charge in [-0.2, -0.15) is 5.10 Å². The smallest absolute Gasteiger partial charge is 0.256 e. The van der Waals surface area contributed by atoms with E-state index in [4.69, 9.17) is 0 Å². The van der Waals surface area contributed by atoms with Gasteiger partial charge in [-0.15, -0.1) is 0 Å². The number of fused-ring (bicyclic) bond motifs is 1. The lowest BCUT2D eigenvalue weighted by atomic mass is 9.95. The number of rotatable bonds is 3. The number of carbonyl (C=O) groups is 1. The van der Waals surface area contributed by atoms with E-state index >= 15 is 0 Å². The number of carbonyl (C=O) groups excluding carboxylic acids is 1. The summed E-state index contributed by atoms with van der Waals surface area (Å²) in [7, 11) is 0. The monoisotopic (exact) mass is 336 g/mol. The van der Waals surface area contributed by atoms with E-state index in [1.165, 1.54) is 6.42 Å². The number of aromatic nitrogens is 3. The Kier molecular flexibility index (Phi) is 4.09. The number of nitrogens with zero attached hydrogens (tertiary/aromatic N) is 3. The van der Waals surface area contributed by atoms with Crippen LogP contribution >= 0.6 is 0 Å². The zero-order chi connectivity index (χ0) is 17.2. The standard InChI is InChI=1S/C19H20N4O2/c24-17-9-5-4-8-14(17)16-10-11-20-18-15(12-21-23(16)18)19(25)22-13-6-2-1-3-7-13/h4-5,8-13,24H,1-3,6-7H2,(H,22,25). The molecule has 4 rings (SSSR count). The molecule has 1 aliphatic rings. The van der Waals surface area contributed by atoms with E-state index < -0.39 is 0 Å². The Hall–Kier alpha value is -2.89. The molecule has 1 aliphatic carbocycles. The molecule has 0 radical (unpaired) electrons. The highest BCUT2D eigenvalue weighted by Crippen LogP contribution is 2.29. The molecule has 0 bridgehead atoms. The van der Waals surface area contributed by atoms with Gasteiger partial charge >= 0.3 is 0 Å². The van der Waals surface area contributed by atoms with Crippen molar-refractivity contribution in [2.45, 2.75) is 38.1 Å². The fourth-order valence-corrected chi connectivity index (χ4v) is 3.46. The molecule has 1 amide bonds. The van der Waals surface area contributed by atoms with Crippen LogP contribution in [0.1, 0.15) is 42.5 Å². The van der Waals surface area contributed by atoms with Crippen LogP contribution in [-0.4, -0.2) is 31.7 Å². The third kappa shape index (κ3) is 2.95. The van der Waals surface area contributed by atoms with Crippen LogP contribution in [0.25, 0.3) is 16.9 Å². The van der Waals surface area contributed by atoms with E-state index in [1.54, 1.807) is 35.1 Å². The highest BCUT2D eigenvalue weighted by atomic mass is 16.3. The van der Waals surface area contributed by atoms with Crippen LogP contribution in [0.5, 0.6) is 5.75 Å². The molecule has 0 saturated heterocycles. The zero-order valence-corrected chi connectivity index (χ0v) is 13.9. The van der Waals surface area contributed by atoms with E-state index in [1.807, 2.05) is 12.1 Å². The minimum Gasteiger partial charge on any atom is -0.507 e. The molecule has 2 heterocycles. The van der Waals surface area contributed by atoms with Crippen molar-refractivity contribution in [3.8, 4) is 17.0 Å². The van der Waals surface area contributed by atoms with Crippen LogP contribution in [0.3, 0.4) is 0 Å². The predicted molar refractivity (Wildman–Crippen MR) is 94.4 cm³/mol. The van der Waals surface area contributed by atoms with Gasteiger partial charge in [0.25, 0.3) is 5.91 Å². The van der Waals surface area contributed by atoms with Crippen LogP contribution in [0, 0.1) is 0 Å². The normalized spacial score (nSPS) is 15.4. The fraction of sp³-hybridized carbons (Fsp3) is 0.316. The SMILES string of the molecule is O=C(NC1CCCCC1)c1cnn2c(-c3ccccc3O)ccnc12. The maximum atomic E-state index is 12.6. The van der Waals surface area contributed by atoms with Crippen LogP contribution in [-0.2, 0) is 0 Å². The van der Waals surface area contributed by atoms with Crippen LogP contribution < -0.4 is 5.32 Å². The summed E-state index contributed by atoms with van der Waals surface area (Å²) in [6, 6.07) is 9.07. The number of phenolic OH excluding ortho intramolecular Hbond substituents is 1. The average molecular weight is 336 g/mol. The lowest BCUT2D eigenvalue weighted by molar-refractivity contribution is 0.0929. The van der Waals surface area contributed by atoms with Gasteiger partial charge in [-0.1, -0.05) is 31.4 Å². The third-order valence-corrected chi connectivity index (χ3v) is 4.77. The van der Waals surface area contributed by atoms with Crippen molar-refractivity contribution in [2.75, 3.05) is 0 Å². The Morgan fingerprint density at radius 2 is 1.96 bits per heavy atom. The second kappa shape index (κ2) is 6.55. The highest BCUT2D eigenvalue weighted by Gasteiger charge is 2.21. The first-order chi connectivity index (χ1) is 12.2. The summed E-state index contributed by atoms with van der Waals surface area (Å²) in [5.41, 5.74) is 2.30. The Morgan fingerprint density at radius 3 is 2.76 bits per heavy atom. The molecular formula is C19H20N4O2. The van der Waals surface area contributed by atoms with Crippen molar-refractivity contribution in [2.24, 2.45) is 0 Å². The van der Waals surface area contributed by atoms with Gasteiger partial charge in [-0.25, -0.2) is 9.50 Å². The summed E-state index contributed by atoms with van der Waals surface area (Å²) >= 11 is 0. The number of hydrogen-bond donors (Lipinski definition) is 2. The van der Waals surface area contributed by atoms with Gasteiger partial charge in [0.05, 0.1) is 11.9 Å². The topological polar surface area (TPSA) is 79.5 Å². The van der Waals surface area contributed by atoms with Gasteiger partial charge in [0.15, 0.2) is 5.65 Å². The Bertz CT molecular complexity index is 913. The van der Waals surface area contributed by atoms with Gasteiger partial charge in [0, 0.05) is 17.8 Å². The first kappa shape index (κ1) is 15.6. The fourth-order valence-electron chi connectivity index (χ4n) is 3.46. The second-order valence-corrected chi connectivity index (χ2v) is 6.45. The van der Waals surface area contributed by atoms with Crippen LogP contribution in [0.2, 0.25) is 0 Å². The molecule has 128 valence electrons. The Morgan fingerprint density at radius 1 is 1.16 bits per heavy atom. The van der Waals surface area contributed by atoms with Crippen molar-refractivity contribution in [3.63, 3.8) is 0 Å². The maximum absolute atomic E-state index is 12.6. The van der Waals surface area contributed by atoms with Crippen LogP contribution in [0.4, 0.5) is 0 Å². The van der Waals surface area contributed by atoms with Crippen LogP contribution in [0.15, 0.2) is 42.7 Å². The molecule has 2 aromatic heterocycles. The number of benzene rings is 1. The van der Waals surface area contributed by atoms with E-state index in [9.17, 15) is 9.90 Å². The van der Waals surface area contributed by atoms with Gasteiger partial charge in [-0.3, -0.25) is 4.79 Å². The molecule has 6 nitrogen and oxygen atoms in total. The molecule has 1 fully saturated rings. The summed E-state index contributed by atoms with van der Waals surface area (Å²) < 4.78 is 1.60. The summed E-state index contributed by atoms with van der Waals surface area (Å²) in [5.74, 6) is 0.0301. The van der Waals surface area contributed by atoms with Gasteiger partial charge in [0.1, 0.15) is 11.3 Å². The summed E-state index contributed by atoms with van der Waals surface area (Å²) in [6.07, 6.45) is 8.81. The molecule has 2 N–H and O–H groups in total. The number of hydrogen-bond acceptors (Lipinski definition) is 4. The molecule has 1 aromatic carbocycles. The molecule has 1 saturated carbocycles. The second-order valence-electron chi connectivity index (χ2n) is 6.45. The van der Waals surface area contributed by atoms with Crippen molar-refractivity contribution in [1.29, 1.82) is 0 Å². The number of aromatic hydroxyl groups is 1. The predicted octanol–water partition coefficient (Wildman–Crippen LogP) is 3.16. The first-order valence-electron chi connectivity index (χ1n) is 8.66. The third-order valence-electron chi connectivity index (χ3n) is 4.77. The van der Waals surface area contributed by atoms with Crippen molar-refractivity contribution < 1.29 is 9.90 Å². The van der Waals surface area contributed by atoms with E-state index in [-0.39, 0.29) is 17.7 Å². The lowest BCUT2D eigenvalue weighted by Crippen LogP contribution is -2.36. The van der Waals surface area contributed by atoms with Gasteiger partial charge in [-0.05, 0) is 31.0 Å². The minimum atomic E-state index is -0.135. The molecule has 0 aliphatic heterocycles. The lowest BCUT2D eigenvalue weighted by Gasteiger charge is -2.22. The van der Waals surface area contributed by atoms with E-state index in [0.29, 0.717) is 22.5 Å². The average Bonchev–Trinajstić information content (AvgIpc) is 3.07. The number of phenols is 1. The first-order valence-corrected chi connectivity index (χ1v) is 8.66. The van der Waals surface area contributed by atoms with E-state index in [2.05, 4.69) is 15.4 Å². The summed E-state index contributed by atoms with van der Waals surface area (Å²) in [4.78, 5) is 17.0. The van der Waals surface area contributed by atoms with Crippen molar-refractivity contribution in [3.05, 3.63) is 48.3 Å². The summed E-state index contributed by atoms with van der Waals surface area (Å²) in [5, 5.41) is 17.5. The molecular weight excluding hydrogens is 316 g/mol. The van der Waals surface area contributed by atoms with Crippen molar-refractivity contribution >= 4 is 11.6 Å². The molecule has 0 unspecified atom stereocenters. The number of amides is 1. The van der Waals surface area contributed by atoms with Gasteiger partial charge < -0.3 is 10.4 Å². The highest BCUT2D eigenvalue weighted by molar-refractivity contribution is 6.00. The molecule has 0 atom stereocenters. The molecule has 0 spiro atoms. The van der Waals surface area contributed by atoms with Gasteiger partial charge in [0.2, 0.25) is 0 Å². The molecule has 6 heteroatoms. The zero-order valence-electron chi connectivity index (χ0n) is 13.9. The molecule has 25 heavy (non-hydrogen) atoms. The Balaban J connectivity index is 1.69. The number of nitrogens with one attached hydrogen (secondary N) is 1. The largest absolute Gasteiger partial charge is 0.507 e. The van der Waals surface area contributed by atoms with E-state index in [0.717, 1.165) is 25.7 Å². The quantitative estimate of drug-likeness (QED) is 0.770. The molecule has 3 aromatic rings. The number of para-hydroxylation sites is 1.